The van der Waals surface area contributed by atoms with Gasteiger partial charge < -0.3 is 10.1 Å². The maximum atomic E-state index is 10.7. The third kappa shape index (κ3) is 3.68. The molecule has 2 amide bonds. The predicted molar refractivity (Wildman–Crippen MR) is 58.2 cm³/mol. The van der Waals surface area contributed by atoms with E-state index in [1.54, 1.807) is 13.3 Å². The number of benzene rings is 1. The number of amides is 2. The van der Waals surface area contributed by atoms with Gasteiger partial charge in [-0.2, -0.15) is 5.10 Å². The van der Waals surface area contributed by atoms with E-state index in [9.17, 15) is 4.79 Å². The molecule has 0 heterocycles. The molecule has 0 atom stereocenters. The van der Waals surface area contributed by atoms with E-state index in [1.807, 2.05) is 24.3 Å². The molecule has 0 aliphatic rings. The van der Waals surface area contributed by atoms with Crippen LogP contribution in [0.25, 0.3) is 0 Å². The molecule has 80 valence electrons. The molecule has 0 fully saturated rings. The van der Waals surface area contributed by atoms with E-state index in [0.717, 1.165) is 11.3 Å². The van der Waals surface area contributed by atoms with Crippen LogP contribution in [0.15, 0.2) is 29.4 Å². The van der Waals surface area contributed by atoms with Gasteiger partial charge in [0.2, 0.25) is 0 Å². The first-order chi connectivity index (χ1) is 7.26. The third-order valence-electron chi connectivity index (χ3n) is 1.72. The van der Waals surface area contributed by atoms with E-state index in [2.05, 4.69) is 15.8 Å². The highest BCUT2D eigenvalue weighted by Crippen LogP contribution is 2.09. The zero-order valence-corrected chi connectivity index (χ0v) is 8.65. The molecule has 0 aliphatic carbocycles. The lowest BCUT2D eigenvalue weighted by Crippen LogP contribution is -2.28. The molecular formula is C10H13N3O2. The Morgan fingerprint density at radius 1 is 1.40 bits per heavy atom. The number of hydrazone groups is 1. The van der Waals surface area contributed by atoms with Crippen molar-refractivity contribution in [2.24, 2.45) is 5.10 Å². The smallest absolute Gasteiger partial charge is 0.334 e. The van der Waals surface area contributed by atoms with Crippen LogP contribution in [-0.4, -0.2) is 26.4 Å². The van der Waals surface area contributed by atoms with Crippen molar-refractivity contribution >= 4 is 12.2 Å². The Hall–Kier alpha value is -2.04. The Bertz CT molecular complexity index is 346. The molecule has 1 aromatic carbocycles. The summed E-state index contributed by atoms with van der Waals surface area (Å²) in [6.45, 7) is 0. The first-order valence-corrected chi connectivity index (χ1v) is 4.41. The molecule has 2 N–H and O–H groups in total. The standard InChI is InChI=1S/C10H13N3O2/c1-11-10(14)13-12-7-8-3-5-9(15-2)6-4-8/h3-7H,1-2H3,(H2,11,13,14)/b12-7+. The first-order valence-electron chi connectivity index (χ1n) is 4.41. The van der Waals surface area contributed by atoms with Gasteiger partial charge in [-0.15, -0.1) is 0 Å². The van der Waals surface area contributed by atoms with Gasteiger partial charge in [0, 0.05) is 7.05 Å². The highest BCUT2D eigenvalue weighted by atomic mass is 16.5. The van der Waals surface area contributed by atoms with Crippen molar-refractivity contribution in [3.63, 3.8) is 0 Å². The van der Waals surface area contributed by atoms with E-state index >= 15 is 0 Å². The van der Waals surface area contributed by atoms with Gasteiger partial charge in [0.25, 0.3) is 0 Å². The van der Waals surface area contributed by atoms with Crippen molar-refractivity contribution < 1.29 is 9.53 Å². The van der Waals surface area contributed by atoms with E-state index in [0.29, 0.717) is 0 Å². The van der Waals surface area contributed by atoms with Crippen molar-refractivity contribution in [2.45, 2.75) is 0 Å². The summed E-state index contributed by atoms with van der Waals surface area (Å²) in [6, 6.07) is 6.98. The van der Waals surface area contributed by atoms with Gasteiger partial charge >= 0.3 is 6.03 Å². The minimum absolute atomic E-state index is 0.347. The van der Waals surface area contributed by atoms with Crippen molar-refractivity contribution in [2.75, 3.05) is 14.2 Å². The topological polar surface area (TPSA) is 62.7 Å². The van der Waals surface area contributed by atoms with Crippen LogP contribution in [0.2, 0.25) is 0 Å². The van der Waals surface area contributed by atoms with E-state index in [1.165, 1.54) is 7.05 Å². The van der Waals surface area contributed by atoms with Crippen LogP contribution < -0.4 is 15.5 Å². The molecule has 0 bridgehead atoms. The Morgan fingerprint density at radius 2 is 2.07 bits per heavy atom. The molecule has 1 rings (SSSR count). The molecule has 0 unspecified atom stereocenters. The highest BCUT2D eigenvalue weighted by Gasteiger charge is 1.92. The lowest BCUT2D eigenvalue weighted by molar-refractivity contribution is 0.243. The number of urea groups is 1. The van der Waals surface area contributed by atoms with Crippen LogP contribution in [-0.2, 0) is 0 Å². The van der Waals surface area contributed by atoms with Crippen LogP contribution in [0.5, 0.6) is 5.75 Å². The maximum Gasteiger partial charge on any atom is 0.334 e. The number of nitrogens with one attached hydrogen (secondary N) is 2. The third-order valence-corrected chi connectivity index (χ3v) is 1.72. The van der Waals surface area contributed by atoms with Crippen molar-refractivity contribution in [3.8, 4) is 5.75 Å². The fourth-order valence-corrected chi connectivity index (χ4v) is 0.911. The lowest BCUT2D eigenvalue weighted by atomic mass is 10.2. The quantitative estimate of drug-likeness (QED) is 0.572. The van der Waals surface area contributed by atoms with Gasteiger partial charge in [-0.25, -0.2) is 10.2 Å². The SMILES string of the molecule is CNC(=O)N/N=C/c1ccc(OC)cc1. The van der Waals surface area contributed by atoms with Gasteiger partial charge in [-0.3, -0.25) is 0 Å². The summed E-state index contributed by atoms with van der Waals surface area (Å²) in [5.74, 6) is 0.784. The molecule has 0 spiro atoms. The van der Waals surface area contributed by atoms with E-state index in [4.69, 9.17) is 4.74 Å². The number of rotatable bonds is 3. The van der Waals surface area contributed by atoms with Gasteiger partial charge in [-0.05, 0) is 29.8 Å². The molecule has 0 saturated carbocycles. The second kappa shape index (κ2) is 5.64. The first kappa shape index (κ1) is 11.0. The molecule has 5 heteroatoms. The molecule has 0 aliphatic heterocycles. The Balaban J connectivity index is 2.53. The number of carbonyl (C=O) groups is 1. The largest absolute Gasteiger partial charge is 0.497 e. The number of hydrogen-bond acceptors (Lipinski definition) is 3. The summed E-state index contributed by atoms with van der Waals surface area (Å²) in [4.78, 5) is 10.7. The minimum atomic E-state index is -0.347. The number of hydrogen-bond donors (Lipinski definition) is 2. The fraction of sp³-hybridized carbons (Fsp3) is 0.200. The molecule has 5 nitrogen and oxygen atoms in total. The van der Waals surface area contributed by atoms with Gasteiger partial charge in [-0.1, -0.05) is 0 Å². The van der Waals surface area contributed by atoms with Crippen LogP contribution in [0, 0.1) is 0 Å². The highest BCUT2D eigenvalue weighted by molar-refractivity contribution is 5.81. The molecule has 15 heavy (non-hydrogen) atoms. The number of carbonyl (C=O) groups excluding carboxylic acids is 1. The average Bonchev–Trinajstić information content (AvgIpc) is 2.29. The van der Waals surface area contributed by atoms with Gasteiger partial charge in [0.1, 0.15) is 5.75 Å². The summed E-state index contributed by atoms with van der Waals surface area (Å²) in [5.41, 5.74) is 3.18. The second-order valence-corrected chi connectivity index (χ2v) is 2.72. The number of nitrogens with zero attached hydrogens (tertiary/aromatic N) is 1. The Labute approximate surface area is 88.1 Å². The van der Waals surface area contributed by atoms with E-state index < -0.39 is 0 Å². The Kier molecular flexibility index (Phi) is 4.15. The zero-order valence-electron chi connectivity index (χ0n) is 8.65. The maximum absolute atomic E-state index is 10.7. The summed E-state index contributed by atoms with van der Waals surface area (Å²) < 4.78 is 5.01. The summed E-state index contributed by atoms with van der Waals surface area (Å²) in [6.07, 6.45) is 1.55. The molecular weight excluding hydrogens is 194 g/mol. The van der Waals surface area contributed by atoms with Crippen LogP contribution in [0.4, 0.5) is 4.79 Å². The van der Waals surface area contributed by atoms with Crippen molar-refractivity contribution in [3.05, 3.63) is 29.8 Å². The van der Waals surface area contributed by atoms with Gasteiger partial charge in [0.15, 0.2) is 0 Å². The van der Waals surface area contributed by atoms with Crippen LogP contribution >= 0.6 is 0 Å². The summed E-state index contributed by atoms with van der Waals surface area (Å²) in [7, 11) is 3.13. The van der Waals surface area contributed by atoms with Crippen LogP contribution in [0.3, 0.4) is 0 Å². The second-order valence-electron chi connectivity index (χ2n) is 2.72. The molecule has 0 aromatic heterocycles. The average molecular weight is 207 g/mol. The molecule has 1 aromatic rings. The lowest BCUT2D eigenvalue weighted by Gasteiger charge is -1.99. The predicted octanol–water partition coefficient (Wildman–Crippen LogP) is 0.958. The summed E-state index contributed by atoms with van der Waals surface area (Å²) in [5, 5.41) is 6.13. The number of methoxy groups -OCH3 is 1. The summed E-state index contributed by atoms with van der Waals surface area (Å²) >= 11 is 0. The van der Waals surface area contributed by atoms with Crippen molar-refractivity contribution in [1.29, 1.82) is 0 Å². The zero-order chi connectivity index (χ0) is 11.1. The number of ether oxygens (including phenoxy) is 1. The Morgan fingerprint density at radius 3 is 2.60 bits per heavy atom. The fourth-order valence-electron chi connectivity index (χ4n) is 0.911. The van der Waals surface area contributed by atoms with Crippen LogP contribution in [0.1, 0.15) is 5.56 Å². The van der Waals surface area contributed by atoms with Crippen molar-refractivity contribution in [1.82, 2.24) is 10.7 Å². The molecule has 0 radical (unpaired) electrons. The monoisotopic (exact) mass is 207 g/mol. The van der Waals surface area contributed by atoms with E-state index in [-0.39, 0.29) is 6.03 Å². The minimum Gasteiger partial charge on any atom is -0.497 e. The molecule has 0 saturated heterocycles. The normalized spacial score (nSPS) is 10.0. The van der Waals surface area contributed by atoms with Gasteiger partial charge in [0.05, 0.1) is 13.3 Å².